The fourth-order valence-electron chi connectivity index (χ4n) is 2.78. The Bertz CT molecular complexity index is 548. The molecule has 2 rings (SSSR count). The van der Waals surface area contributed by atoms with Crippen molar-refractivity contribution in [2.45, 2.75) is 38.6 Å². The van der Waals surface area contributed by atoms with E-state index in [-0.39, 0.29) is 17.9 Å². The van der Waals surface area contributed by atoms with Gasteiger partial charge >= 0.3 is 5.97 Å². The third-order valence-electron chi connectivity index (χ3n) is 4.20. The second-order valence-corrected chi connectivity index (χ2v) is 5.82. The van der Waals surface area contributed by atoms with Crippen LogP contribution in [-0.4, -0.2) is 25.0 Å². The molecule has 118 valence electrons. The summed E-state index contributed by atoms with van der Waals surface area (Å²) in [6.07, 6.45) is 8.00. The van der Waals surface area contributed by atoms with Gasteiger partial charge in [-0.15, -0.1) is 0 Å². The van der Waals surface area contributed by atoms with Gasteiger partial charge in [-0.1, -0.05) is 31.9 Å². The van der Waals surface area contributed by atoms with E-state index in [2.05, 4.69) is 17.0 Å². The Morgan fingerprint density at radius 2 is 1.86 bits per heavy atom. The quantitative estimate of drug-likeness (QED) is 0.686. The van der Waals surface area contributed by atoms with Crippen LogP contribution in [0.4, 0.5) is 0 Å². The Balaban J connectivity index is 1.90. The van der Waals surface area contributed by atoms with Gasteiger partial charge in [-0.05, 0) is 42.5 Å². The molecule has 2 atom stereocenters. The van der Waals surface area contributed by atoms with Gasteiger partial charge in [-0.2, -0.15) is 0 Å². The minimum absolute atomic E-state index is 0.0594. The molecule has 1 N–H and O–H groups in total. The molecule has 1 aliphatic carbocycles. The Morgan fingerprint density at radius 3 is 2.50 bits per heavy atom. The lowest BCUT2D eigenvalue weighted by Crippen LogP contribution is -2.40. The summed E-state index contributed by atoms with van der Waals surface area (Å²) in [5, 5.41) is 3.08. The first-order valence-corrected chi connectivity index (χ1v) is 7.77. The number of hydrogen-bond acceptors (Lipinski definition) is 3. The lowest BCUT2D eigenvalue weighted by atomic mass is 9.86. The van der Waals surface area contributed by atoms with Crippen molar-refractivity contribution >= 4 is 18.0 Å². The molecule has 1 amide bonds. The monoisotopic (exact) mass is 301 g/mol. The lowest BCUT2D eigenvalue weighted by Gasteiger charge is -2.29. The highest BCUT2D eigenvalue weighted by Crippen LogP contribution is 2.23. The van der Waals surface area contributed by atoms with Crippen LogP contribution < -0.4 is 5.32 Å². The first-order valence-electron chi connectivity index (χ1n) is 7.77. The fourth-order valence-corrected chi connectivity index (χ4v) is 2.78. The van der Waals surface area contributed by atoms with Crippen LogP contribution >= 0.6 is 0 Å². The molecule has 0 radical (unpaired) electrons. The highest BCUT2D eigenvalue weighted by Gasteiger charge is 2.21. The molecule has 4 nitrogen and oxygen atoms in total. The average Bonchev–Trinajstić information content (AvgIpc) is 2.55. The van der Waals surface area contributed by atoms with Gasteiger partial charge in [-0.25, -0.2) is 4.79 Å². The van der Waals surface area contributed by atoms with E-state index >= 15 is 0 Å². The van der Waals surface area contributed by atoms with Crippen LogP contribution in [0, 0.1) is 5.92 Å². The molecule has 0 aliphatic heterocycles. The van der Waals surface area contributed by atoms with E-state index in [0.717, 1.165) is 12.0 Å². The highest BCUT2D eigenvalue weighted by atomic mass is 16.5. The SMILES string of the molecule is COC(=O)c1ccc(/C=C/C(=O)N[C@H]2CCCC[C@@H]2C)cc1. The third-order valence-corrected chi connectivity index (χ3v) is 4.20. The third kappa shape index (κ3) is 4.45. The van der Waals surface area contributed by atoms with Gasteiger partial charge in [0.1, 0.15) is 0 Å². The summed E-state index contributed by atoms with van der Waals surface area (Å²) >= 11 is 0. The molecular weight excluding hydrogens is 278 g/mol. The van der Waals surface area contributed by atoms with E-state index in [1.807, 2.05) is 0 Å². The minimum atomic E-state index is -0.362. The maximum absolute atomic E-state index is 12.0. The molecule has 22 heavy (non-hydrogen) atoms. The van der Waals surface area contributed by atoms with Gasteiger partial charge < -0.3 is 10.1 Å². The maximum Gasteiger partial charge on any atom is 0.337 e. The Hall–Kier alpha value is -2.10. The molecule has 0 aromatic heterocycles. The molecule has 1 fully saturated rings. The van der Waals surface area contributed by atoms with Gasteiger partial charge in [0.05, 0.1) is 12.7 Å². The number of rotatable bonds is 4. The number of nitrogens with one attached hydrogen (secondary N) is 1. The summed E-state index contributed by atoms with van der Waals surface area (Å²) in [6, 6.07) is 7.24. The summed E-state index contributed by atoms with van der Waals surface area (Å²) in [6.45, 7) is 2.19. The molecule has 1 aliphatic rings. The topological polar surface area (TPSA) is 55.4 Å². The zero-order valence-electron chi connectivity index (χ0n) is 13.2. The first kappa shape index (κ1) is 16.3. The van der Waals surface area contributed by atoms with Crippen molar-refractivity contribution in [1.82, 2.24) is 5.32 Å². The second-order valence-electron chi connectivity index (χ2n) is 5.82. The summed E-state index contributed by atoms with van der Waals surface area (Å²) in [7, 11) is 1.35. The standard InChI is InChI=1S/C18H23NO3/c1-13-5-3-4-6-16(13)19-17(20)12-9-14-7-10-15(11-8-14)18(21)22-2/h7-13,16H,3-6H2,1-2H3,(H,19,20)/b12-9+/t13-,16-/m0/s1. The van der Waals surface area contributed by atoms with Crippen molar-refractivity contribution in [2.24, 2.45) is 5.92 Å². The van der Waals surface area contributed by atoms with Crippen molar-refractivity contribution in [2.75, 3.05) is 7.11 Å². The summed E-state index contributed by atoms with van der Waals surface area (Å²) in [5.41, 5.74) is 1.37. The zero-order valence-corrected chi connectivity index (χ0v) is 13.2. The second kappa shape index (κ2) is 7.78. The number of methoxy groups -OCH3 is 1. The average molecular weight is 301 g/mol. The normalized spacial score (nSPS) is 21.5. The molecule has 4 heteroatoms. The van der Waals surface area contributed by atoms with Crippen molar-refractivity contribution in [1.29, 1.82) is 0 Å². The molecular formula is C18H23NO3. The molecule has 1 saturated carbocycles. The van der Waals surface area contributed by atoms with Crippen LogP contribution in [-0.2, 0) is 9.53 Å². The maximum atomic E-state index is 12.0. The van der Waals surface area contributed by atoms with Crippen molar-refractivity contribution < 1.29 is 14.3 Å². The molecule has 0 unspecified atom stereocenters. The van der Waals surface area contributed by atoms with Crippen LogP contribution in [0.2, 0.25) is 0 Å². The molecule has 1 aromatic carbocycles. The number of esters is 1. The van der Waals surface area contributed by atoms with Crippen LogP contribution in [0.3, 0.4) is 0 Å². The number of amides is 1. The first-order chi connectivity index (χ1) is 10.6. The number of carbonyl (C=O) groups is 2. The summed E-state index contributed by atoms with van der Waals surface area (Å²) in [4.78, 5) is 23.3. The lowest BCUT2D eigenvalue weighted by molar-refractivity contribution is -0.117. The van der Waals surface area contributed by atoms with Crippen molar-refractivity contribution in [3.63, 3.8) is 0 Å². The number of hydrogen-bond donors (Lipinski definition) is 1. The molecule has 0 bridgehead atoms. The van der Waals surface area contributed by atoms with E-state index < -0.39 is 0 Å². The summed E-state index contributed by atoms with van der Waals surface area (Å²) in [5.74, 6) is 0.126. The van der Waals surface area contributed by atoms with Gasteiger partial charge in [0.15, 0.2) is 0 Å². The molecule has 1 aromatic rings. The van der Waals surface area contributed by atoms with E-state index in [1.54, 1.807) is 36.4 Å². The number of benzene rings is 1. The molecule has 0 spiro atoms. The zero-order chi connectivity index (χ0) is 15.9. The van der Waals surface area contributed by atoms with Crippen LogP contribution in [0.5, 0.6) is 0 Å². The predicted molar refractivity (Wildman–Crippen MR) is 86.4 cm³/mol. The largest absolute Gasteiger partial charge is 0.465 e. The van der Waals surface area contributed by atoms with E-state index in [1.165, 1.54) is 26.4 Å². The van der Waals surface area contributed by atoms with Crippen molar-refractivity contribution in [3.05, 3.63) is 41.5 Å². The van der Waals surface area contributed by atoms with Gasteiger partial charge in [0.2, 0.25) is 5.91 Å². The number of carbonyl (C=O) groups excluding carboxylic acids is 2. The van der Waals surface area contributed by atoms with E-state index in [9.17, 15) is 9.59 Å². The van der Waals surface area contributed by atoms with Gasteiger partial charge in [-0.3, -0.25) is 4.79 Å². The van der Waals surface area contributed by atoms with Crippen LogP contribution in [0.25, 0.3) is 6.08 Å². The molecule has 0 heterocycles. The Labute approximate surface area is 131 Å². The summed E-state index contributed by atoms with van der Waals surface area (Å²) < 4.78 is 4.65. The van der Waals surface area contributed by atoms with E-state index in [0.29, 0.717) is 11.5 Å². The highest BCUT2D eigenvalue weighted by molar-refractivity contribution is 5.92. The van der Waals surface area contributed by atoms with E-state index in [4.69, 9.17) is 0 Å². The Kier molecular flexibility index (Phi) is 5.75. The number of ether oxygens (including phenoxy) is 1. The minimum Gasteiger partial charge on any atom is -0.465 e. The van der Waals surface area contributed by atoms with Crippen molar-refractivity contribution in [3.8, 4) is 0 Å². The van der Waals surface area contributed by atoms with Gasteiger partial charge in [0.25, 0.3) is 0 Å². The predicted octanol–water partition coefficient (Wildman–Crippen LogP) is 3.18. The van der Waals surface area contributed by atoms with Gasteiger partial charge in [0, 0.05) is 12.1 Å². The Morgan fingerprint density at radius 1 is 1.18 bits per heavy atom. The van der Waals surface area contributed by atoms with Crippen LogP contribution in [0.1, 0.15) is 48.5 Å². The molecule has 0 saturated heterocycles. The fraction of sp³-hybridized carbons (Fsp3) is 0.444. The van der Waals surface area contributed by atoms with Crippen LogP contribution in [0.15, 0.2) is 30.3 Å². The smallest absolute Gasteiger partial charge is 0.337 e.